The largest absolute Gasteiger partial charge is 0.457 e. The van der Waals surface area contributed by atoms with Gasteiger partial charge in [-0.1, -0.05) is 0 Å². The van der Waals surface area contributed by atoms with Gasteiger partial charge in [0.2, 0.25) is 11.8 Å². The molecule has 41 heavy (non-hydrogen) atoms. The van der Waals surface area contributed by atoms with Gasteiger partial charge in [0.1, 0.15) is 32.8 Å². The zero-order valence-corrected chi connectivity index (χ0v) is 23.4. The zero-order chi connectivity index (χ0) is 29.6. The number of anilines is 2. The van der Waals surface area contributed by atoms with Crippen molar-refractivity contribution in [2.45, 2.75) is 23.6 Å². The Hall–Kier alpha value is -4.88. The van der Waals surface area contributed by atoms with Gasteiger partial charge in [0, 0.05) is 25.2 Å². The van der Waals surface area contributed by atoms with Crippen molar-refractivity contribution in [3.8, 4) is 23.0 Å². The number of hydrogen-bond donors (Lipinski definition) is 2. The highest BCUT2D eigenvalue weighted by Gasteiger charge is 2.18. The summed E-state index contributed by atoms with van der Waals surface area (Å²) in [4.78, 5) is 22.0. The molecule has 0 heterocycles. The van der Waals surface area contributed by atoms with Crippen LogP contribution in [0.3, 0.4) is 0 Å². The zero-order valence-electron chi connectivity index (χ0n) is 21.7. The second-order valence-electron chi connectivity index (χ2n) is 8.53. The predicted molar refractivity (Wildman–Crippen MR) is 150 cm³/mol. The monoisotopic (exact) mass is 596 g/mol. The van der Waals surface area contributed by atoms with Crippen molar-refractivity contribution in [2.24, 2.45) is 0 Å². The molecule has 4 rings (SSSR count). The number of carbonyl (C=O) groups is 2. The average Bonchev–Trinajstić information content (AvgIpc) is 2.91. The molecular weight excluding hydrogens is 572 g/mol. The van der Waals surface area contributed by atoms with E-state index >= 15 is 0 Å². The molecule has 2 N–H and O–H groups in total. The molecule has 0 fully saturated rings. The van der Waals surface area contributed by atoms with Gasteiger partial charge < -0.3 is 23.7 Å². The minimum Gasteiger partial charge on any atom is -0.457 e. The molecule has 0 atom stereocenters. The van der Waals surface area contributed by atoms with Crippen LogP contribution in [0.15, 0.2) is 107 Å². The van der Waals surface area contributed by atoms with Crippen LogP contribution in [-0.2, 0) is 29.8 Å². The minimum atomic E-state index is -4.14. The molecule has 0 aliphatic heterocycles. The van der Waals surface area contributed by atoms with Gasteiger partial charge in [0.15, 0.2) is 0 Å². The summed E-state index contributed by atoms with van der Waals surface area (Å²) >= 11 is 0. The van der Waals surface area contributed by atoms with Crippen molar-refractivity contribution in [2.75, 3.05) is 10.6 Å². The second-order valence-corrected chi connectivity index (χ2v) is 11.6. The molecule has 212 valence electrons. The summed E-state index contributed by atoms with van der Waals surface area (Å²) in [5, 5.41) is 5.15. The molecule has 0 aliphatic rings. The topological polar surface area (TPSA) is 154 Å². The SMILES string of the molecule is CC(=O)Nc1ccc(OS(=O)(=O)c2ccc(Oc3ccc(S(=O)(=O)Oc4ccc(NC(C)=O)cc4)cc3)cc2)cc1. The molecule has 0 bridgehead atoms. The molecule has 0 radical (unpaired) electrons. The Bertz CT molecular complexity index is 1620. The maximum Gasteiger partial charge on any atom is 0.339 e. The van der Waals surface area contributed by atoms with E-state index in [0.717, 1.165) is 0 Å². The van der Waals surface area contributed by atoms with Gasteiger partial charge >= 0.3 is 20.2 Å². The normalized spacial score (nSPS) is 11.3. The van der Waals surface area contributed by atoms with Crippen LogP contribution in [0.5, 0.6) is 23.0 Å². The smallest absolute Gasteiger partial charge is 0.339 e. The van der Waals surface area contributed by atoms with E-state index in [-0.39, 0.29) is 33.1 Å². The van der Waals surface area contributed by atoms with Gasteiger partial charge in [-0.2, -0.15) is 16.8 Å². The molecule has 0 saturated heterocycles. The lowest BCUT2D eigenvalue weighted by molar-refractivity contribution is -0.115. The lowest BCUT2D eigenvalue weighted by atomic mass is 10.3. The van der Waals surface area contributed by atoms with Crippen LogP contribution in [-0.4, -0.2) is 28.6 Å². The van der Waals surface area contributed by atoms with Crippen molar-refractivity contribution in [1.29, 1.82) is 0 Å². The Morgan fingerprint density at radius 3 is 1.07 bits per heavy atom. The molecular formula is C28H24N2O9S2. The van der Waals surface area contributed by atoms with Gasteiger partial charge in [0.25, 0.3) is 0 Å². The molecule has 0 spiro atoms. The Labute approximate surface area is 236 Å². The Kier molecular flexibility index (Phi) is 8.59. The molecule has 0 aromatic heterocycles. The van der Waals surface area contributed by atoms with E-state index in [2.05, 4.69) is 10.6 Å². The van der Waals surface area contributed by atoms with Crippen LogP contribution in [0, 0.1) is 0 Å². The summed E-state index contributed by atoms with van der Waals surface area (Å²) in [7, 11) is -8.27. The Morgan fingerprint density at radius 1 is 0.488 bits per heavy atom. The molecule has 4 aromatic carbocycles. The van der Waals surface area contributed by atoms with Gasteiger partial charge in [-0.05, 0) is 97.1 Å². The number of benzene rings is 4. The summed E-state index contributed by atoms with van der Waals surface area (Å²) in [5.41, 5.74) is 0.993. The van der Waals surface area contributed by atoms with Crippen LogP contribution >= 0.6 is 0 Å². The molecule has 0 saturated carbocycles. The molecule has 4 aromatic rings. The fourth-order valence-electron chi connectivity index (χ4n) is 3.43. The van der Waals surface area contributed by atoms with Crippen molar-refractivity contribution in [3.05, 3.63) is 97.1 Å². The summed E-state index contributed by atoms with van der Waals surface area (Å²) < 4.78 is 66.5. The van der Waals surface area contributed by atoms with Gasteiger partial charge in [-0.25, -0.2) is 0 Å². The molecule has 0 unspecified atom stereocenters. The van der Waals surface area contributed by atoms with E-state index in [1.807, 2.05) is 0 Å². The second kappa shape index (κ2) is 12.1. The number of ether oxygens (including phenoxy) is 1. The van der Waals surface area contributed by atoms with Crippen LogP contribution in [0.25, 0.3) is 0 Å². The summed E-state index contributed by atoms with van der Waals surface area (Å²) in [5.74, 6) is 0.226. The number of rotatable bonds is 10. The first-order valence-corrected chi connectivity index (χ1v) is 14.7. The summed E-state index contributed by atoms with van der Waals surface area (Å²) in [6.07, 6.45) is 0. The quantitative estimate of drug-likeness (QED) is 0.243. The van der Waals surface area contributed by atoms with Crippen molar-refractivity contribution in [1.82, 2.24) is 0 Å². The fourth-order valence-corrected chi connectivity index (χ4v) is 5.29. The summed E-state index contributed by atoms with van der Waals surface area (Å²) in [6, 6.07) is 22.6. The van der Waals surface area contributed by atoms with E-state index in [1.54, 1.807) is 0 Å². The number of hydrogen-bond acceptors (Lipinski definition) is 9. The highest BCUT2D eigenvalue weighted by molar-refractivity contribution is 7.87. The van der Waals surface area contributed by atoms with Crippen molar-refractivity contribution in [3.63, 3.8) is 0 Å². The fraction of sp³-hybridized carbons (Fsp3) is 0.0714. The average molecular weight is 597 g/mol. The maximum absolute atomic E-state index is 12.6. The minimum absolute atomic E-state index is 0.0699. The van der Waals surface area contributed by atoms with E-state index in [1.165, 1.54) is 111 Å². The third kappa shape index (κ3) is 8.06. The van der Waals surface area contributed by atoms with Crippen LogP contribution in [0.2, 0.25) is 0 Å². The highest BCUT2D eigenvalue weighted by Crippen LogP contribution is 2.27. The Balaban J connectivity index is 1.37. The first-order chi connectivity index (χ1) is 19.4. The number of amides is 2. The standard InChI is InChI=1S/C28H24N2O9S2/c1-19(31)29-21-3-7-25(8-4-21)38-40(33,34)27-15-11-23(12-16-27)37-24-13-17-28(18-14-24)41(35,36)39-26-9-5-22(6-10-26)30-20(2)32/h3-18H,1-2H3,(H,29,31)(H,30,32). The van der Waals surface area contributed by atoms with E-state index in [0.29, 0.717) is 22.9 Å². The lowest BCUT2D eigenvalue weighted by Gasteiger charge is -2.10. The summed E-state index contributed by atoms with van der Waals surface area (Å²) in [6.45, 7) is 2.72. The molecule has 11 nitrogen and oxygen atoms in total. The Morgan fingerprint density at radius 2 is 0.780 bits per heavy atom. The van der Waals surface area contributed by atoms with Gasteiger partial charge in [0.05, 0.1) is 0 Å². The van der Waals surface area contributed by atoms with Crippen molar-refractivity contribution < 1.29 is 39.5 Å². The van der Waals surface area contributed by atoms with Crippen LogP contribution < -0.4 is 23.7 Å². The van der Waals surface area contributed by atoms with Crippen LogP contribution in [0.1, 0.15) is 13.8 Å². The van der Waals surface area contributed by atoms with Crippen molar-refractivity contribution >= 4 is 43.4 Å². The number of carbonyl (C=O) groups excluding carboxylic acids is 2. The predicted octanol–water partition coefficient (Wildman–Crippen LogP) is 4.93. The molecule has 2 amide bonds. The maximum atomic E-state index is 12.6. The van der Waals surface area contributed by atoms with E-state index in [9.17, 15) is 26.4 Å². The van der Waals surface area contributed by atoms with E-state index in [4.69, 9.17) is 13.1 Å². The highest BCUT2D eigenvalue weighted by atomic mass is 32.2. The molecule has 13 heteroatoms. The van der Waals surface area contributed by atoms with Crippen LogP contribution in [0.4, 0.5) is 11.4 Å². The molecule has 0 aliphatic carbocycles. The first kappa shape index (κ1) is 29.1. The third-order valence-corrected chi connectivity index (χ3v) is 7.74. The number of nitrogens with one attached hydrogen (secondary N) is 2. The van der Waals surface area contributed by atoms with E-state index < -0.39 is 20.2 Å². The van der Waals surface area contributed by atoms with Gasteiger partial charge in [-0.15, -0.1) is 0 Å². The first-order valence-electron chi connectivity index (χ1n) is 11.9. The van der Waals surface area contributed by atoms with Gasteiger partial charge in [-0.3, -0.25) is 9.59 Å². The lowest BCUT2D eigenvalue weighted by Crippen LogP contribution is -2.10. The third-order valence-electron chi connectivity index (χ3n) is 5.22.